The number of rotatable bonds is 4. The Kier molecular flexibility index (Phi) is 4.96. The van der Waals surface area contributed by atoms with Gasteiger partial charge in [0.25, 0.3) is 6.02 Å². The van der Waals surface area contributed by atoms with Crippen molar-refractivity contribution >= 4 is 6.02 Å². The molecular weight excluding hydrogens is 264 g/mol. The van der Waals surface area contributed by atoms with E-state index in [0.29, 0.717) is 44.0 Å². The van der Waals surface area contributed by atoms with Crippen molar-refractivity contribution in [1.29, 1.82) is 0 Å². The van der Waals surface area contributed by atoms with Gasteiger partial charge in [-0.3, -0.25) is 4.90 Å². The van der Waals surface area contributed by atoms with Crippen LogP contribution in [0.2, 0.25) is 0 Å². The minimum atomic E-state index is -0.772. The molecule has 2 atom stereocenters. The fourth-order valence-electron chi connectivity index (χ4n) is 3.14. The second-order valence-electron chi connectivity index (χ2n) is 5.51. The van der Waals surface area contributed by atoms with E-state index >= 15 is 0 Å². The van der Waals surface area contributed by atoms with Gasteiger partial charge >= 0.3 is 0 Å². The average Bonchev–Trinajstić information content (AvgIpc) is 2.95. The van der Waals surface area contributed by atoms with Crippen LogP contribution in [0.4, 0.5) is 8.78 Å². The number of halogens is 2. The number of ether oxygens (including phenoxy) is 1. The Hall–Kier alpha value is -1.17. The number of amidine groups is 1. The van der Waals surface area contributed by atoms with E-state index in [-0.39, 0.29) is 5.54 Å². The van der Waals surface area contributed by atoms with Gasteiger partial charge in [0, 0.05) is 25.7 Å². The lowest BCUT2D eigenvalue weighted by Crippen LogP contribution is -2.44. The first-order valence-corrected chi connectivity index (χ1v) is 7.18. The van der Waals surface area contributed by atoms with Crippen LogP contribution in [0.1, 0.15) is 32.6 Å². The molecule has 0 spiro atoms. The molecule has 2 heterocycles. The van der Waals surface area contributed by atoms with Gasteiger partial charge in [-0.25, -0.2) is 13.8 Å². The zero-order valence-electron chi connectivity index (χ0n) is 12.2. The standard InChI is InChI=1S/C14H23F2N3O/c1-3-12(8-15)18-13(17-2)20-10-14-5-4-6-19(14)9-11(16)7-14/h8,11H,3-7,9-10H2,1-2H3,(H,17,18)/b12-8-/t11-,14+/m1/s1. The molecule has 1 N–H and O–H groups in total. The number of hydrogen-bond acceptors (Lipinski definition) is 3. The molecule has 114 valence electrons. The summed E-state index contributed by atoms with van der Waals surface area (Å²) in [6, 6.07) is 0.291. The summed E-state index contributed by atoms with van der Waals surface area (Å²) >= 11 is 0. The van der Waals surface area contributed by atoms with Crippen molar-refractivity contribution in [3.05, 3.63) is 12.0 Å². The maximum atomic E-state index is 13.6. The van der Waals surface area contributed by atoms with Gasteiger partial charge in [0.15, 0.2) is 0 Å². The summed E-state index contributed by atoms with van der Waals surface area (Å²) in [5.74, 6) is 0. The van der Waals surface area contributed by atoms with E-state index in [1.54, 1.807) is 7.05 Å². The summed E-state index contributed by atoms with van der Waals surface area (Å²) in [6.07, 6.45) is 2.82. The van der Waals surface area contributed by atoms with Crippen molar-refractivity contribution in [2.75, 3.05) is 26.7 Å². The third kappa shape index (κ3) is 3.11. The highest BCUT2D eigenvalue weighted by molar-refractivity contribution is 5.75. The highest BCUT2D eigenvalue weighted by atomic mass is 19.1. The van der Waals surface area contributed by atoms with Crippen LogP contribution in [0.5, 0.6) is 0 Å². The Morgan fingerprint density at radius 2 is 2.40 bits per heavy atom. The van der Waals surface area contributed by atoms with Gasteiger partial charge in [0.1, 0.15) is 19.1 Å². The molecule has 4 nitrogen and oxygen atoms in total. The number of nitrogens with zero attached hydrogens (tertiary/aromatic N) is 2. The summed E-state index contributed by atoms with van der Waals surface area (Å²) in [5.41, 5.74) is 0.212. The SMILES string of the molecule is CC/C(=C/F)NC(=NC)OC[C@@]12CCCN1C[C@H](F)C2. The highest BCUT2D eigenvalue weighted by Gasteiger charge is 2.49. The molecule has 2 fully saturated rings. The molecule has 2 aliphatic heterocycles. The molecule has 0 aromatic carbocycles. The second kappa shape index (κ2) is 6.52. The third-order valence-electron chi connectivity index (χ3n) is 4.22. The van der Waals surface area contributed by atoms with Gasteiger partial charge < -0.3 is 10.1 Å². The van der Waals surface area contributed by atoms with Crippen LogP contribution in [0.25, 0.3) is 0 Å². The molecule has 0 aromatic rings. The molecule has 20 heavy (non-hydrogen) atoms. The lowest BCUT2D eigenvalue weighted by atomic mass is 9.95. The van der Waals surface area contributed by atoms with Crippen molar-refractivity contribution in [3.8, 4) is 0 Å². The van der Waals surface area contributed by atoms with Crippen molar-refractivity contribution < 1.29 is 13.5 Å². The number of hydrogen-bond donors (Lipinski definition) is 1. The maximum absolute atomic E-state index is 13.6. The lowest BCUT2D eigenvalue weighted by molar-refractivity contribution is 0.104. The van der Waals surface area contributed by atoms with Crippen molar-refractivity contribution in [2.24, 2.45) is 4.99 Å². The first-order valence-electron chi connectivity index (χ1n) is 7.18. The predicted octanol–water partition coefficient (Wildman–Crippen LogP) is 2.38. The molecule has 0 aliphatic carbocycles. The monoisotopic (exact) mass is 287 g/mol. The average molecular weight is 287 g/mol. The van der Waals surface area contributed by atoms with E-state index in [9.17, 15) is 8.78 Å². The molecule has 0 aromatic heterocycles. The van der Waals surface area contributed by atoms with Crippen LogP contribution >= 0.6 is 0 Å². The summed E-state index contributed by atoms with van der Waals surface area (Å²) in [6.45, 7) is 3.67. The van der Waals surface area contributed by atoms with Crippen molar-refractivity contribution in [3.63, 3.8) is 0 Å². The molecule has 2 aliphatic rings. The number of allylic oxidation sites excluding steroid dienone is 1. The van der Waals surface area contributed by atoms with Crippen LogP contribution < -0.4 is 5.32 Å². The molecule has 0 unspecified atom stereocenters. The highest BCUT2D eigenvalue weighted by Crippen LogP contribution is 2.40. The molecule has 0 amide bonds. The fourth-order valence-corrected chi connectivity index (χ4v) is 3.14. The van der Waals surface area contributed by atoms with Crippen LogP contribution in [-0.4, -0.2) is 49.4 Å². The Balaban J connectivity index is 1.93. The summed E-state index contributed by atoms with van der Waals surface area (Å²) in [5, 5.41) is 2.82. The molecule has 2 saturated heterocycles. The Bertz CT molecular complexity index is 400. The molecular formula is C14H23F2N3O. The van der Waals surface area contributed by atoms with E-state index in [0.717, 1.165) is 19.4 Å². The van der Waals surface area contributed by atoms with Gasteiger partial charge in [0.05, 0.1) is 5.54 Å². The largest absolute Gasteiger partial charge is 0.463 e. The van der Waals surface area contributed by atoms with E-state index in [1.807, 2.05) is 6.92 Å². The van der Waals surface area contributed by atoms with Crippen molar-refractivity contribution in [2.45, 2.75) is 44.3 Å². The lowest BCUT2D eigenvalue weighted by Gasteiger charge is -2.31. The summed E-state index contributed by atoms with van der Waals surface area (Å²) in [7, 11) is 1.59. The molecule has 2 rings (SSSR count). The topological polar surface area (TPSA) is 36.9 Å². The number of fused-ring (bicyclic) bond motifs is 1. The normalized spacial score (nSPS) is 31.5. The summed E-state index contributed by atoms with van der Waals surface area (Å²) in [4.78, 5) is 6.16. The number of nitrogens with one attached hydrogen (secondary N) is 1. The predicted molar refractivity (Wildman–Crippen MR) is 75.0 cm³/mol. The Morgan fingerprint density at radius 3 is 3.05 bits per heavy atom. The minimum absolute atomic E-state index is 0.206. The van der Waals surface area contributed by atoms with Gasteiger partial charge in [-0.05, 0) is 25.8 Å². The van der Waals surface area contributed by atoms with E-state index in [4.69, 9.17) is 4.74 Å². The van der Waals surface area contributed by atoms with Gasteiger partial charge in [-0.2, -0.15) is 0 Å². The van der Waals surface area contributed by atoms with Crippen LogP contribution in [-0.2, 0) is 4.74 Å². The first kappa shape index (κ1) is 15.2. The Labute approximate surface area is 118 Å². The van der Waals surface area contributed by atoms with Crippen molar-refractivity contribution in [1.82, 2.24) is 10.2 Å². The van der Waals surface area contributed by atoms with Crippen LogP contribution in [0, 0.1) is 0 Å². The molecule has 0 bridgehead atoms. The van der Waals surface area contributed by atoms with Gasteiger partial charge in [-0.15, -0.1) is 0 Å². The summed E-state index contributed by atoms with van der Waals surface area (Å²) < 4.78 is 31.9. The van der Waals surface area contributed by atoms with Crippen LogP contribution in [0.3, 0.4) is 0 Å². The zero-order valence-corrected chi connectivity index (χ0v) is 12.2. The Morgan fingerprint density at radius 1 is 1.60 bits per heavy atom. The fraction of sp³-hybridized carbons (Fsp3) is 0.786. The van der Waals surface area contributed by atoms with E-state index in [2.05, 4.69) is 15.2 Å². The zero-order chi connectivity index (χ0) is 14.6. The van der Waals surface area contributed by atoms with Gasteiger partial charge in [0.2, 0.25) is 0 Å². The van der Waals surface area contributed by atoms with E-state index < -0.39 is 6.17 Å². The molecule has 6 heteroatoms. The molecule has 0 saturated carbocycles. The number of alkyl halides is 1. The maximum Gasteiger partial charge on any atom is 0.288 e. The van der Waals surface area contributed by atoms with Gasteiger partial charge in [-0.1, -0.05) is 6.92 Å². The quantitative estimate of drug-likeness (QED) is 0.637. The van der Waals surface area contributed by atoms with Crippen LogP contribution in [0.15, 0.2) is 17.0 Å². The second-order valence-corrected chi connectivity index (χ2v) is 5.51. The first-order chi connectivity index (χ1) is 9.63. The number of aliphatic imine (C=N–C) groups is 1. The van der Waals surface area contributed by atoms with E-state index in [1.165, 1.54) is 0 Å². The smallest absolute Gasteiger partial charge is 0.288 e. The third-order valence-corrected chi connectivity index (χ3v) is 4.22. The minimum Gasteiger partial charge on any atom is -0.463 e. The molecule has 0 radical (unpaired) electrons.